The molecule has 0 rings (SSSR count). The first-order valence-electron chi connectivity index (χ1n) is 5.05. The second kappa shape index (κ2) is 7.44. The van der Waals surface area contributed by atoms with Gasteiger partial charge in [-0.3, -0.25) is 4.79 Å². The summed E-state index contributed by atoms with van der Waals surface area (Å²) >= 11 is 0. The van der Waals surface area contributed by atoms with Crippen LogP contribution in [0.4, 0.5) is 4.79 Å². The van der Waals surface area contributed by atoms with Gasteiger partial charge in [-0.25, -0.2) is 9.59 Å². The van der Waals surface area contributed by atoms with E-state index >= 15 is 0 Å². The maximum atomic E-state index is 11.3. The number of hydrogen-bond donors (Lipinski definition) is 5. The molecule has 3 amide bonds. The summed E-state index contributed by atoms with van der Waals surface area (Å²) in [7, 11) is 0. The first-order chi connectivity index (χ1) is 7.86. The Balaban J connectivity index is 4.14. The van der Waals surface area contributed by atoms with Gasteiger partial charge in [0.25, 0.3) is 0 Å². The smallest absolute Gasteiger partial charge is 0.326 e. The zero-order valence-electron chi connectivity index (χ0n) is 9.47. The summed E-state index contributed by atoms with van der Waals surface area (Å²) in [5, 5.41) is 21.8. The predicted molar refractivity (Wildman–Crippen MR) is 58.1 cm³/mol. The number of carbonyl (C=O) groups excluding carboxylic acids is 2. The van der Waals surface area contributed by atoms with Gasteiger partial charge < -0.3 is 26.6 Å². The number of rotatable bonds is 7. The van der Waals surface area contributed by atoms with E-state index in [1.54, 1.807) is 6.92 Å². The van der Waals surface area contributed by atoms with Gasteiger partial charge in [-0.05, 0) is 6.92 Å². The number of urea groups is 1. The lowest BCUT2D eigenvalue weighted by Gasteiger charge is -2.16. The van der Waals surface area contributed by atoms with Crippen LogP contribution in [0.25, 0.3) is 0 Å². The van der Waals surface area contributed by atoms with Crippen LogP contribution >= 0.6 is 0 Å². The molecule has 0 aromatic rings. The molecule has 8 nitrogen and oxygen atoms in total. The van der Waals surface area contributed by atoms with Gasteiger partial charge in [-0.1, -0.05) is 0 Å². The molecule has 0 aliphatic rings. The van der Waals surface area contributed by atoms with Gasteiger partial charge in [0.05, 0.1) is 0 Å². The summed E-state index contributed by atoms with van der Waals surface area (Å²) in [6, 6.07) is -2.38. The van der Waals surface area contributed by atoms with Gasteiger partial charge >= 0.3 is 12.0 Å². The molecule has 0 heterocycles. The normalized spacial score (nSPS) is 13.5. The molecule has 8 heteroatoms. The lowest BCUT2D eigenvalue weighted by atomic mass is 10.2. The fourth-order valence-electron chi connectivity index (χ4n) is 1.16. The summed E-state index contributed by atoms with van der Waals surface area (Å²) in [5.41, 5.74) is 4.93. The van der Waals surface area contributed by atoms with Gasteiger partial charge in [0.15, 0.2) is 0 Å². The molecule has 0 spiro atoms. The third-order valence-corrected chi connectivity index (χ3v) is 1.91. The van der Waals surface area contributed by atoms with Crippen molar-refractivity contribution < 1.29 is 24.6 Å². The molecule has 0 radical (unpaired) electrons. The molecule has 0 fully saturated rings. The number of carboxylic acid groups (broad SMARTS) is 1. The van der Waals surface area contributed by atoms with E-state index in [0.717, 1.165) is 0 Å². The van der Waals surface area contributed by atoms with Crippen LogP contribution in [0.15, 0.2) is 0 Å². The number of hydrogen-bond acceptors (Lipinski definition) is 4. The fourth-order valence-corrected chi connectivity index (χ4v) is 1.16. The maximum Gasteiger partial charge on any atom is 0.326 e. The van der Waals surface area contributed by atoms with Crippen LogP contribution in [0, 0.1) is 0 Å². The molecule has 0 aromatic heterocycles. The standard InChI is InChI=1S/C9H17N3O5/c1-5(4-7(10)14)11-9(17)12-6(2-3-13)8(15)16/h5-6,13H,2-4H2,1H3,(H2,10,14)(H,15,16)(H2,11,12,17)/t5?,6-/m1/s1. The monoisotopic (exact) mass is 247 g/mol. The highest BCUT2D eigenvalue weighted by Gasteiger charge is 2.20. The van der Waals surface area contributed by atoms with Crippen LogP contribution < -0.4 is 16.4 Å². The summed E-state index contributed by atoms with van der Waals surface area (Å²) < 4.78 is 0. The highest BCUT2D eigenvalue weighted by molar-refractivity contribution is 5.83. The van der Waals surface area contributed by atoms with Gasteiger partial charge in [0.1, 0.15) is 6.04 Å². The van der Waals surface area contributed by atoms with E-state index in [-0.39, 0.29) is 19.4 Å². The molecule has 98 valence electrons. The number of carbonyl (C=O) groups is 3. The number of amides is 3. The Kier molecular flexibility index (Phi) is 6.64. The lowest BCUT2D eigenvalue weighted by Crippen LogP contribution is -2.49. The van der Waals surface area contributed by atoms with E-state index in [0.29, 0.717) is 0 Å². The molecule has 2 atom stereocenters. The van der Waals surface area contributed by atoms with Crippen LogP contribution in [-0.2, 0) is 9.59 Å². The predicted octanol–water partition coefficient (Wildman–Crippen LogP) is -1.61. The van der Waals surface area contributed by atoms with Crippen molar-refractivity contribution in [2.45, 2.75) is 31.8 Å². The van der Waals surface area contributed by atoms with Gasteiger partial charge in [-0.15, -0.1) is 0 Å². The zero-order chi connectivity index (χ0) is 13.4. The van der Waals surface area contributed by atoms with Crippen molar-refractivity contribution in [2.75, 3.05) is 6.61 Å². The maximum absolute atomic E-state index is 11.3. The molecule has 17 heavy (non-hydrogen) atoms. The molecule has 6 N–H and O–H groups in total. The quantitative estimate of drug-likeness (QED) is 0.367. The van der Waals surface area contributed by atoms with E-state index < -0.39 is 30.0 Å². The second-order valence-electron chi connectivity index (χ2n) is 3.59. The van der Waals surface area contributed by atoms with E-state index in [9.17, 15) is 14.4 Å². The average molecular weight is 247 g/mol. The van der Waals surface area contributed by atoms with Gasteiger partial charge in [-0.2, -0.15) is 0 Å². The lowest BCUT2D eigenvalue weighted by molar-refractivity contribution is -0.139. The number of aliphatic hydroxyl groups is 1. The van der Waals surface area contributed by atoms with Crippen molar-refractivity contribution in [1.29, 1.82) is 0 Å². The van der Waals surface area contributed by atoms with Crippen molar-refractivity contribution in [3.8, 4) is 0 Å². The third-order valence-electron chi connectivity index (χ3n) is 1.91. The van der Waals surface area contributed by atoms with Crippen molar-refractivity contribution in [2.24, 2.45) is 5.73 Å². The Morgan fingerprint density at radius 2 is 1.88 bits per heavy atom. The Labute approximate surface area is 98.2 Å². The van der Waals surface area contributed by atoms with Crippen LogP contribution in [0.2, 0.25) is 0 Å². The largest absolute Gasteiger partial charge is 0.480 e. The number of aliphatic hydroxyl groups excluding tert-OH is 1. The second-order valence-corrected chi connectivity index (χ2v) is 3.59. The fraction of sp³-hybridized carbons (Fsp3) is 0.667. The number of carboxylic acids is 1. The van der Waals surface area contributed by atoms with Crippen molar-refractivity contribution in [3.63, 3.8) is 0 Å². The number of aliphatic carboxylic acids is 1. The first-order valence-corrected chi connectivity index (χ1v) is 5.05. The summed E-state index contributed by atoms with van der Waals surface area (Å²) in [6.07, 6.45) is -0.127. The van der Waals surface area contributed by atoms with Crippen LogP contribution in [-0.4, -0.2) is 46.8 Å². The summed E-state index contributed by atoms with van der Waals surface area (Å²) in [5.74, 6) is -1.81. The zero-order valence-corrected chi connectivity index (χ0v) is 9.47. The summed E-state index contributed by atoms with van der Waals surface area (Å²) in [4.78, 5) is 32.5. The van der Waals surface area contributed by atoms with E-state index in [2.05, 4.69) is 10.6 Å². The number of nitrogens with one attached hydrogen (secondary N) is 2. The number of nitrogens with two attached hydrogens (primary N) is 1. The number of primary amides is 1. The van der Waals surface area contributed by atoms with Crippen LogP contribution in [0.5, 0.6) is 0 Å². The molecule has 1 unspecified atom stereocenters. The molecular formula is C9H17N3O5. The molecular weight excluding hydrogens is 230 g/mol. The molecule has 0 saturated heterocycles. The van der Waals surface area contributed by atoms with E-state index in [1.165, 1.54) is 0 Å². The van der Waals surface area contributed by atoms with Crippen LogP contribution in [0.3, 0.4) is 0 Å². The molecule has 0 saturated carbocycles. The topological polar surface area (TPSA) is 142 Å². The average Bonchev–Trinajstić information content (AvgIpc) is 2.14. The minimum Gasteiger partial charge on any atom is -0.480 e. The highest BCUT2D eigenvalue weighted by Crippen LogP contribution is 1.93. The van der Waals surface area contributed by atoms with E-state index in [4.69, 9.17) is 15.9 Å². The SMILES string of the molecule is CC(CC(N)=O)NC(=O)N[C@H](CCO)C(=O)O. The highest BCUT2D eigenvalue weighted by atomic mass is 16.4. The summed E-state index contributed by atoms with van der Waals surface area (Å²) in [6.45, 7) is 1.21. The van der Waals surface area contributed by atoms with Gasteiger partial charge in [0, 0.05) is 25.5 Å². The van der Waals surface area contributed by atoms with Crippen LogP contribution in [0.1, 0.15) is 19.8 Å². The minimum absolute atomic E-state index is 0.0365. The van der Waals surface area contributed by atoms with E-state index in [1.807, 2.05) is 0 Å². The van der Waals surface area contributed by atoms with Gasteiger partial charge in [0.2, 0.25) is 5.91 Å². The first kappa shape index (κ1) is 15.2. The molecule has 0 bridgehead atoms. The Hall–Kier alpha value is -1.83. The van der Waals surface area contributed by atoms with Crippen molar-refractivity contribution in [3.05, 3.63) is 0 Å². The van der Waals surface area contributed by atoms with Crippen molar-refractivity contribution in [1.82, 2.24) is 10.6 Å². The Morgan fingerprint density at radius 3 is 2.29 bits per heavy atom. The Morgan fingerprint density at radius 1 is 1.29 bits per heavy atom. The Bertz CT molecular complexity index is 294. The third kappa shape index (κ3) is 7.12. The molecule has 0 aliphatic heterocycles. The molecule has 0 aliphatic carbocycles. The molecule has 0 aromatic carbocycles. The minimum atomic E-state index is -1.24. The van der Waals surface area contributed by atoms with Crippen molar-refractivity contribution >= 4 is 17.9 Å².